The van der Waals surface area contributed by atoms with E-state index in [0.29, 0.717) is 27.9 Å². The Morgan fingerprint density at radius 1 is 1.05 bits per heavy atom. The van der Waals surface area contributed by atoms with Crippen LogP contribution in [0.4, 0.5) is 10.2 Å². The molecular weight excluding hydrogens is 312 g/mol. The first kappa shape index (κ1) is 14.0. The molecule has 3 aromatic rings. The molecule has 1 N–H and O–H groups in total. The molecule has 0 spiro atoms. The molecule has 0 saturated carbocycles. The minimum atomic E-state index is -0.259. The molecule has 0 amide bonds. The summed E-state index contributed by atoms with van der Waals surface area (Å²) in [5, 5.41) is 4.93. The van der Waals surface area contributed by atoms with Crippen molar-refractivity contribution in [2.45, 2.75) is 6.54 Å². The normalized spacial score (nSPS) is 10.8. The highest BCUT2D eigenvalue weighted by Crippen LogP contribution is 2.29. The van der Waals surface area contributed by atoms with Crippen molar-refractivity contribution < 1.29 is 4.39 Å². The Bertz CT molecular complexity index is 791. The van der Waals surface area contributed by atoms with Crippen molar-refractivity contribution in [1.29, 1.82) is 0 Å². The fourth-order valence-corrected chi connectivity index (χ4v) is 2.56. The van der Waals surface area contributed by atoms with E-state index in [1.165, 1.54) is 18.5 Å². The van der Waals surface area contributed by atoms with E-state index in [0.717, 1.165) is 10.9 Å². The molecule has 3 nitrogen and oxygen atoms in total. The maximum absolute atomic E-state index is 12.9. The van der Waals surface area contributed by atoms with Crippen LogP contribution in [0.15, 0.2) is 42.7 Å². The fourth-order valence-electron chi connectivity index (χ4n) is 2.02. The molecule has 21 heavy (non-hydrogen) atoms. The Morgan fingerprint density at radius 3 is 2.57 bits per heavy atom. The van der Waals surface area contributed by atoms with Crippen LogP contribution in [0, 0.1) is 5.82 Å². The van der Waals surface area contributed by atoms with Crippen LogP contribution in [-0.4, -0.2) is 9.97 Å². The summed E-state index contributed by atoms with van der Waals surface area (Å²) in [6.45, 7) is 0.510. The largest absolute Gasteiger partial charge is 0.365 e. The average Bonchev–Trinajstić information content (AvgIpc) is 2.47. The number of aromatic nitrogens is 2. The first-order chi connectivity index (χ1) is 10.1. The topological polar surface area (TPSA) is 37.8 Å². The Balaban J connectivity index is 1.92. The van der Waals surface area contributed by atoms with Gasteiger partial charge in [-0.2, -0.15) is 0 Å². The monoisotopic (exact) mass is 321 g/mol. The van der Waals surface area contributed by atoms with Gasteiger partial charge in [-0.3, -0.25) is 0 Å². The minimum Gasteiger partial charge on any atom is -0.365 e. The first-order valence-electron chi connectivity index (χ1n) is 6.21. The van der Waals surface area contributed by atoms with E-state index >= 15 is 0 Å². The number of halogens is 3. The van der Waals surface area contributed by atoms with Gasteiger partial charge in [-0.25, -0.2) is 14.4 Å². The number of fused-ring (bicyclic) bond motifs is 1. The predicted octanol–water partition coefficient (Wildman–Crippen LogP) is 4.69. The van der Waals surface area contributed by atoms with Gasteiger partial charge in [0.2, 0.25) is 0 Å². The summed E-state index contributed by atoms with van der Waals surface area (Å²) in [5.41, 5.74) is 1.58. The van der Waals surface area contributed by atoms with Gasteiger partial charge >= 0.3 is 0 Å². The predicted molar refractivity (Wildman–Crippen MR) is 83.3 cm³/mol. The summed E-state index contributed by atoms with van der Waals surface area (Å²) >= 11 is 12.1. The van der Waals surface area contributed by atoms with Gasteiger partial charge in [0.05, 0.1) is 10.5 Å². The van der Waals surface area contributed by atoms with Gasteiger partial charge in [-0.15, -0.1) is 0 Å². The van der Waals surface area contributed by atoms with Crippen LogP contribution < -0.4 is 5.32 Å². The SMILES string of the molecule is Fc1ccc(CNc2ncnc3c(Cl)cc(Cl)cc23)cc1. The molecule has 0 atom stereocenters. The van der Waals surface area contributed by atoms with Crippen molar-refractivity contribution in [3.8, 4) is 0 Å². The number of hydrogen-bond acceptors (Lipinski definition) is 3. The zero-order valence-electron chi connectivity index (χ0n) is 10.8. The molecule has 106 valence electrons. The highest BCUT2D eigenvalue weighted by molar-refractivity contribution is 6.38. The molecule has 2 aromatic carbocycles. The summed E-state index contributed by atoms with van der Waals surface area (Å²) in [5.74, 6) is 0.374. The van der Waals surface area contributed by atoms with Crippen molar-refractivity contribution in [3.63, 3.8) is 0 Å². The number of benzene rings is 2. The summed E-state index contributed by atoms with van der Waals surface area (Å²) in [4.78, 5) is 8.37. The lowest BCUT2D eigenvalue weighted by Crippen LogP contribution is -2.02. The van der Waals surface area contributed by atoms with E-state index in [1.54, 1.807) is 24.3 Å². The van der Waals surface area contributed by atoms with E-state index in [4.69, 9.17) is 23.2 Å². The molecule has 0 unspecified atom stereocenters. The lowest BCUT2D eigenvalue weighted by atomic mass is 10.2. The van der Waals surface area contributed by atoms with Crippen molar-refractivity contribution >= 4 is 39.9 Å². The van der Waals surface area contributed by atoms with Crippen LogP contribution in [-0.2, 0) is 6.54 Å². The van der Waals surface area contributed by atoms with Crippen molar-refractivity contribution in [1.82, 2.24) is 9.97 Å². The summed E-state index contributed by atoms with van der Waals surface area (Å²) < 4.78 is 12.9. The molecule has 0 radical (unpaired) electrons. The summed E-state index contributed by atoms with van der Waals surface area (Å²) in [6.07, 6.45) is 1.44. The Kier molecular flexibility index (Phi) is 3.90. The number of rotatable bonds is 3. The molecule has 1 heterocycles. The van der Waals surface area contributed by atoms with Crippen molar-refractivity contribution in [2.24, 2.45) is 0 Å². The van der Waals surface area contributed by atoms with E-state index < -0.39 is 0 Å². The zero-order chi connectivity index (χ0) is 14.8. The molecule has 6 heteroatoms. The lowest BCUT2D eigenvalue weighted by molar-refractivity contribution is 0.627. The summed E-state index contributed by atoms with van der Waals surface area (Å²) in [6, 6.07) is 9.67. The molecule has 0 aliphatic heterocycles. The maximum Gasteiger partial charge on any atom is 0.137 e. The van der Waals surface area contributed by atoms with Crippen molar-refractivity contribution in [2.75, 3.05) is 5.32 Å². The third kappa shape index (κ3) is 3.06. The second-order valence-corrected chi connectivity index (χ2v) is 5.33. The third-order valence-electron chi connectivity index (χ3n) is 3.03. The number of nitrogens with zero attached hydrogens (tertiary/aromatic N) is 2. The van der Waals surface area contributed by atoms with E-state index in [-0.39, 0.29) is 5.82 Å². The van der Waals surface area contributed by atoms with Crippen LogP contribution in [0.5, 0.6) is 0 Å². The Morgan fingerprint density at radius 2 is 1.81 bits per heavy atom. The van der Waals surface area contributed by atoms with E-state index in [2.05, 4.69) is 15.3 Å². The number of nitrogens with one attached hydrogen (secondary N) is 1. The maximum atomic E-state index is 12.9. The Labute approximate surface area is 130 Å². The number of hydrogen-bond donors (Lipinski definition) is 1. The van der Waals surface area contributed by atoms with Crippen LogP contribution in [0.3, 0.4) is 0 Å². The van der Waals surface area contributed by atoms with E-state index in [1.807, 2.05) is 0 Å². The average molecular weight is 322 g/mol. The summed E-state index contributed by atoms with van der Waals surface area (Å²) in [7, 11) is 0. The quantitative estimate of drug-likeness (QED) is 0.760. The molecule has 1 aromatic heterocycles. The highest BCUT2D eigenvalue weighted by atomic mass is 35.5. The molecular formula is C15H10Cl2FN3. The van der Waals surface area contributed by atoms with Crippen LogP contribution in [0.1, 0.15) is 5.56 Å². The van der Waals surface area contributed by atoms with Crippen LogP contribution in [0.25, 0.3) is 10.9 Å². The van der Waals surface area contributed by atoms with Gasteiger partial charge in [0.1, 0.15) is 18.0 Å². The third-order valence-corrected chi connectivity index (χ3v) is 3.54. The molecule has 0 bridgehead atoms. The molecule has 0 aliphatic carbocycles. The van der Waals surface area contributed by atoms with Gasteiger partial charge in [0.25, 0.3) is 0 Å². The van der Waals surface area contributed by atoms with Gasteiger partial charge < -0.3 is 5.32 Å². The zero-order valence-corrected chi connectivity index (χ0v) is 12.3. The van der Waals surface area contributed by atoms with Gasteiger partial charge in [-0.05, 0) is 29.8 Å². The van der Waals surface area contributed by atoms with Crippen molar-refractivity contribution in [3.05, 3.63) is 64.2 Å². The Hall–Kier alpha value is -1.91. The van der Waals surface area contributed by atoms with Gasteiger partial charge in [0, 0.05) is 17.0 Å². The second-order valence-electron chi connectivity index (χ2n) is 4.49. The molecule has 3 rings (SSSR count). The fraction of sp³-hybridized carbons (Fsp3) is 0.0667. The molecule has 0 fully saturated rings. The molecule has 0 saturated heterocycles. The van der Waals surface area contributed by atoms with Gasteiger partial charge in [-0.1, -0.05) is 35.3 Å². The second kappa shape index (κ2) is 5.84. The smallest absolute Gasteiger partial charge is 0.137 e. The first-order valence-corrected chi connectivity index (χ1v) is 6.97. The van der Waals surface area contributed by atoms with E-state index in [9.17, 15) is 4.39 Å². The van der Waals surface area contributed by atoms with Gasteiger partial charge in [0.15, 0.2) is 0 Å². The van der Waals surface area contributed by atoms with Crippen LogP contribution >= 0.6 is 23.2 Å². The van der Waals surface area contributed by atoms with Crippen LogP contribution in [0.2, 0.25) is 10.0 Å². The standard InChI is InChI=1S/C15H10Cl2FN3/c16-10-5-12-14(13(17)6-10)20-8-21-15(12)19-7-9-1-3-11(18)4-2-9/h1-6,8H,7H2,(H,19,20,21). The molecule has 0 aliphatic rings. The highest BCUT2D eigenvalue weighted by Gasteiger charge is 2.08. The number of anilines is 1. The minimum absolute atomic E-state index is 0.259. The lowest BCUT2D eigenvalue weighted by Gasteiger charge is -2.09.